The summed E-state index contributed by atoms with van der Waals surface area (Å²) in [6.45, 7) is 1.49. The number of halogens is 3. The Morgan fingerprint density at radius 2 is 1.94 bits per heavy atom. The molecule has 0 amide bonds. The van der Waals surface area contributed by atoms with Crippen LogP contribution < -0.4 is 10.6 Å². The summed E-state index contributed by atoms with van der Waals surface area (Å²) < 4.78 is 46.4. The van der Waals surface area contributed by atoms with Gasteiger partial charge in [-0.1, -0.05) is 0 Å². The van der Waals surface area contributed by atoms with E-state index in [0.29, 0.717) is 21.5 Å². The number of fused-ring (bicyclic) bond motifs is 1. The van der Waals surface area contributed by atoms with Crippen LogP contribution in [0.2, 0.25) is 0 Å². The first-order valence-corrected chi connectivity index (χ1v) is 9.93. The van der Waals surface area contributed by atoms with Crippen molar-refractivity contribution in [3.8, 4) is 11.3 Å². The molecule has 4 rings (SSSR count). The normalized spacial score (nSPS) is 12.2. The van der Waals surface area contributed by atoms with Crippen LogP contribution in [0.1, 0.15) is 22.5 Å². The standard InChI is InChI=1S/C20H20F3N9O2/c1-9-11(7-32(30-9)17(23)16(21)22)27-19-15(20(33)34-4)28-14(18(24-2)29-19)10-5-25-6-12-13(10)26-8-31(12)3/h5-8,16-17H,1-4H3,(H2,24,27,29). The van der Waals surface area contributed by atoms with Gasteiger partial charge in [-0.3, -0.25) is 4.98 Å². The number of esters is 1. The molecule has 4 heterocycles. The number of imidazole rings is 1. The van der Waals surface area contributed by atoms with E-state index in [-0.39, 0.29) is 28.7 Å². The van der Waals surface area contributed by atoms with E-state index in [9.17, 15) is 18.0 Å². The smallest absolute Gasteiger partial charge is 0.360 e. The fourth-order valence-electron chi connectivity index (χ4n) is 3.31. The number of methoxy groups -OCH3 is 1. The lowest BCUT2D eigenvalue weighted by Gasteiger charge is -2.14. The van der Waals surface area contributed by atoms with Crippen LogP contribution in [0.4, 0.5) is 30.5 Å². The van der Waals surface area contributed by atoms with E-state index in [4.69, 9.17) is 4.74 Å². The molecule has 2 N–H and O–H groups in total. The number of carbonyl (C=O) groups is 1. The van der Waals surface area contributed by atoms with Gasteiger partial charge in [0.15, 0.2) is 17.3 Å². The summed E-state index contributed by atoms with van der Waals surface area (Å²) in [5.41, 5.74) is 2.32. The van der Waals surface area contributed by atoms with Gasteiger partial charge in [-0.05, 0) is 6.92 Å². The summed E-state index contributed by atoms with van der Waals surface area (Å²) in [6.07, 6.45) is -0.00263. The lowest BCUT2D eigenvalue weighted by Crippen LogP contribution is -2.13. The van der Waals surface area contributed by atoms with E-state index in [2.05, 4.69) is 35.7 Å². The highest BCUT2D eigenvalue weighted by atomic mass is 19.3. The summed E-state index contributed by atoms with van der Waals surface area (Å²) in [6, 6.07) is 0. The minimum Gasteiger partial charge on any atom is -0.464 e. The van der Waals surface area contributed by atoms with E-state index in [1.807, 2.05) is 7.05 Å². The van der Waals surface area contributed by atoms with Crippen molar-refractivity contribution in [1.82, 2.24) is 34.3 Å². The number of anilines is 3. The Morgan fingerprint density at radius 3 is 2.62 bits per heavy atom. The quantitative estimate of drug-likeness (QED) is 0.388. The molecule has 0 aliphatic rings. The first kappa shape index (κ1) is 22.9. The molecule has 178 valence electrons. The number of alkyl halides is 3. The number of ether oxygens (including phenoxy) is 1. The van der Waals surface area contributed by atoms with E-state index >= 15 is 0 Å². The van der Waals surface area contributed by atoms with Crippen LogP contribution in [0, 0.1) is 6.92 Å². The van der Waals surface area contributed by atoms with Gasteiger partial charge >= 0.3 is 5.97 Å². The van der Waals surface area contributed by atoms with Crippen LogP contribution in [0.3, 0.4) is 0 Å². The molecule has 0 fully saturated rings. The minimum absolute atomic E-state index is 0.0452. The third kappa shape index (κ3) is 3.97. The molecule has 1 atom stereocenters. The molecule has 14 heteroatoms. The number of rotatable bonds is 7. The van der Waals surface area contributed by atoms with Gasteiger partial charge in [-0.2, -0.15) is 5.10 Å². The molecule has 4 aromatic rings. The first-order chi connectivity index (χ1) is 16.2. The highest BCUT2D eigenvalue weighted by molar-refractivity contribution is 5.98. The zero-order valence-electron chi connectivity index (χ0n) is 18.5. The van der Waals surface area contributed by atoms with E-state index in [0.717, 1.165) is 11.7 Å². The molecule has 0 radical (unpaired) electrons. The highest BCUT2D eigenvalue weighted by Crippen LogP contribution is 2.33. The van der Waals surface area contributed by atoms with Crippen molar-refractivity contribution in [1.29, 1.82) is 0 Å². The summed E-state index contributed by atoms with van der Waals surface area (Å²) in [4.78, 5) is 30.1. The number of aromatic nitrogens is 7. The van der Waals surface area contributed by atoms with Gasteiger partial charge in [0.2, 0.25) is 0 Å². The Hall–Kier alpha value is -4.23. The SMILES string of the molecule is CNc1nc(Nc2cn(C(F)C(F)F)nc2C)c(C(=O)OC)nc1-c1cncc2c1ncn2C. The molecule has 4 aromatic heterocycles. The average Bonchev–Trinajstić information content (AvgIpc) is 3.40. The van der Waals surface area contributed by atoms with Crippen LogP contribution in [-0.4, -0.2) is 60.8 Å². The zero-order valence-corrected chi connectivity index (χ0v) is 18.5. The number of nitrogens with zero attached hydrogens (tertiary/aromatic N) is 7. The fourth-order valence-corrected chi connectivity index (χ4v) is 3.31. The summed E-state index contributed by atoms with van der Waals surface area (Å²) >= 11 is 0. The largest absolute Gasteiger partial charge is 0.464 e. The second kappa shape index (κ2) is 8.96. The molecule has 11 nitrogen and oxygen atoms in total. The maximum atomic E-state index is 13.7. The van der Waals surface area contributed by atoms with Crippen LogP contribution in [0.25, 0.3) is 22.3 Å². The number of nitrogens with one attached hydrogen (secondary N) is 2. The molecule has 1 unspecified atom stereocenters. The Bertz CT molecular complexity index is 1370. The molecule has 0 bridgehead atoms. The van der Waals surface area contributed by atoms with E-state index in [1.54, 1.807) is 30.3 Å². The first-order valence-electron chi connectivity index (χ1n) is 9.93. The molecular weight excluding hydrogens is 455 g/mol. The second-order valence-corrected chi connectivity index (χ2v) is 7.21. The second-order valence-electron chi connectivity index (χ2n) is 7.21. The molecule has 34 heavy (non-hydrogen) atoms. The maximum absolute atomic E-state index is 13.7. The number of pyridine rings is 1. The monoisotopic (exact) mass is 475 g/mol. The van der Waals surface area contributed by atoms with E-state index in [1.165, 1.54) is 14.0 Å². The number of carbonyl (C=O) groups excluding carboxylic acids is 1. The van der Waals surface area contributed by atoms with E-state index < -0.39 is 18.7 Å². The average molecular weight is 475 g/mol. The Balaban J connectivity index is 1.84. The van der Waals surface area contributed by atoms with Crippen molar-refractivity contribution in [3.63, 3.8) is 0 Å². The molecule has 0 spiro atoms. The van der Waals surface area contributed by atoms with Gasteiger partial charge in [0.25, 0.3) is 12.7 Å². The van der Waals surface area contributed by atoms with Crippen molar-refractivity contribution >= 4 is 34.3 Å². The predicted molar refractivity (Wildman–Crippen MR) is 117 cm³/mol. The van der Waals surface area contributed by atoms with Gasteiger partial charge in [-0.15, -0.1) is 0 Å². The van der Waals surface area contributed by atoms with Crippen LogP contribution >= 0.6 is 0 Å². The Labute approximate surface area is 191 Å². The van der Waals surface area contributed by atoms with Crippen molar-refractivity contribution in [2.45, 2.75) is 19.6 Å². The third-order valence-electron chi connectivity index (χ3n) is 5.04. The summed E-state index contributed by atoms with van der Waals surface area (Å²) in [5, 5.41) is 9.51. The van der Waals surface area contributed by atoms with Crippen LogP contribution in [-0.2, 0) is 11.8 Å². The lowest BCUT2D eigenvalue weighted by atomic mass is 10.1. The van der Waals surface area contributed by atoms with Crippen LogP contribution in [0.15, 0.2) is 24.9 Å². The van der Waals surface area contributed by atoms with Gasteiger partial charge in [0.05, 0.1) is 48.3 Å². The van der Waals surface area contributed by atoms with Crippen LogP contribution in [0.5, 0.6) is 0 Å². The molecule has 0 aliphatic carbocycles. The van der Waals surface area contributed by atoms with Gasteiger partial charge in [-0.25, -0.2) is 37.6 Å². The molecule has 0 saturated carbocycles. The van der Waals surface area contributed by atoms with Crippen molar-refractivity contribution in [3.05, 3.63) is 36.3 Å². The zero-order chi connectivity index (χ0) is 24.6. The Morgan fingerprint density at radius 1 is 1.18 bits per heavy atom. The van der Waals surface area contributed by atoms with Crippen molar-refractivity contribution in [2.24, 2.45) is 7.05 Å². The highest BCUT2D eigenvalue weighted by Gasteiger charge is 2.26. The molecular formula is C20H20F3N9O2. The van der Waals surface area contributed by atoms with Gasteiger partial charge < -0.3 is 19.9 Å². The minimum atomic E-state index is -3.25. The maximum Gasteiger partial charge on any atom is 0.360 e. The molecule has 0 saturated heterocycles. The molecule has 0 aliphatic heterocycles. The number of hydrogen-bond donors (Lipinski definition) is 2. The van der Waals surface area contributed by atoms with Gasteiger partial charge in [0, 0.05) is 20.3 Å². The van der Waals surface area contributed by atoms with Crippen molar-refractivity contribution in [2.75, 3.05) is 24.8 Å². The van der Waals surface area contributed by atoms with Gasteiger partial charge in [0.1, 0.15) is 11.2 Å². The number of aryl methyl sites for hydroxylation is 2. The van der Waals surface area contributed by atoms with Crippen molar-refractivity contribution < 1.29 is 22.7 Å². The fraction of sp³-hybridized carbons (Fsp3) is 0.300. The Kier molecular flexibility index (Phi) is 6.04. The third-order valence-corrected chi connectivity index (χ3v) is 5.04. The summed E-state index contributed by atoms with van der Waals surface area (Å²) in [5.74, 6) is -0.576. The lowest BCUT2D eigenvalue weighted by molar-refractivity contribution is 0.000657. The topological polar surface area (TPSA) is 125 Å². The predicted octanol–water partition coefficient (Wildman–Crippen LogP) is 3.24. The summed E-state index contributed by atoms with van der Waals surface area (Å²) in [7, 11) is 4.61. The number of hydrogen-bond acceptors (Lipinski definition) is 9. The molecule has 0 aromatic carbocycles.